The third kappa shape index (κ3) is 4.11. The molecule has 0 spiro atoms. The molecule has 31 heavy (non-hydrogen) atoms. The quantitative estimate of drug-likeness (QED) is 0.412. The maximum atomic E-state index is 13.4. The highest BCUT2D eigenvalue weighted by Crippen LogP contribution is 2.31. The normalized spacial score (nSPS) is 12.1. The van der Waals surface area contributed by atoms with Crippen molar-refractivity contribution in [3.63, 3.8) is 0 Å². The molecule has 0 saturated carbocycles. The van der Waals surface area contributed by atoms with Crippen LogP contribution in [0, 0.1) is 12.7 Å². The van der Waals surface area contributed by atoms with Crippen LogP contribution in [-0.4, -0.2) is 15.5 Å². The van der Waals surface area contributed by atoms with E-state index in [0.29, 0.717) is 32.9 Å². The van der Waals surface area contributed by atoms with Crippen LogP contribution in [0.3, 0.4) is 0 Å². The van der Waals surface area contributed by atoms with Crippen molar-refractivity contribution in [1.82, 2.24) is 9.55 Å². The maximum absolute atomic E-state index is 13.4. The lowest BCUT2D eigenvalue weighted by Crippen LogP contribution is -2.33. The minimum absolute atomic E-state index is 0.310. The Hall–Kier alpha value is -3.03. The number of carbonyl (C=O) groups excluding carboxylic acids is 1. The van der Waals surface area contributed by atoms with Crippen LogP contribution >= 0.6 is 22.9 Å². The molecule has 4 rings (SSSR count). The van der Waals surface area contributed by atoms with Crippen LogP contribution < -0.4 is 10.9 Å². The van der Waals surface area contributed by atoms with E-state index in [4.69, 9.17) is 11.6 Å². The van der Waals surface area contributed by atoms with Gasteiger partial charge in [0.05, 0.1) is 11.7 Å². The smallest absolute Gasteiger partial charge is 0.263 e. The lowest BCUT2D eigenvalue weighted by molar-refractivity contribution is -0.119. The number of halogens is 2. The number of nitrogens with zero attached hydrogens (tertiary/aromatic N) is 2. The second-order valence-corrected chi connectivity index (χ2v) is 8.46. The molecule has 1 N–H and O–H groups in total. The summed E-state index contributed by atoms with van der Waals surface area (Å²) in [6.45, 7) is 3.70. The molecule has 0 aliphatic carbocycles. The Labute approximate surface area is 187 Å². The van der Waals surface area contributed by atoms with Crippen molar-refractivity contribution < 1.29 is 9.18 Å². The number of anilines is 1. The third-order valence-corrected chi connectivity index (χ3v) is 6.28. The SMILES string of the molecule is CCC(C(=O)Nc1cc(Cl)ccc1C)n1cnc2scc(-c3ccc(F)cc3)c2c1=O. The molecule has 2 aromatic carbocycles. The zero-order valence-corrected chi connectivity index (χ0v) is 18.4. The molecule has 0 fully saturated rings. The molecule has 0 bridgehead atoms. The van der Waals surface area contributed by atoms with Crippen molar-refractivity contribution in [3.05, 3.63) is 80.9 Å². The fraction of sp³-hybridized carbons (Fsp3) is 0.174. The molecule has 1 atom stereocenters. The molecule has 4 aromatic rings. The van der Waals surface area contributed by atoms with E-state index in [1.807, 2.05) is 25.3 Å². The molecule has 2 heterocycles. The number of hydrogen-bond acceptors (Lipinski definition) is 4. The molecule has 5 nitrogen and oxygen atoms in total. The van der Waals surface area contributed by atoms with Crippen LogP contribution in [0.5, 0.6) is 0 Å². The molecule has 158 valence electrons. The van der Waals surface area contributed by atoms with E-state index in [-0.39, 0.29) is 17.3 Å². The average molecular weight is 456 g/mol. The first-order valence-corrected chi connectivity index (χ1v) is 11.0. The Morgan fingerprint density at radius 2 is 2.00 bits per heavy atom. The largest absolute Gasteiger partial charge is 0.324 e. The van der Waals surface area contributed by atoms with Crippen molar-refractivity contribution in [1.29, 1.82) is 0 Å². The van der Waals surface area contributed by atoms with E-state index in [9.17, 15) is 14.0 Å². The second kappa shape index (κ2) is 8.61. The molecular weight excluding hydrogens is 437 g/mol. The van der Waals surface area contributed by atoms with Gasteiger partial charge in [-0.1, -0.05) is 36.7 Å². The summed E-state index contributed by atoms with van der Waals surface area (Å²) in [5, 5.41) is 5.63. The van der Waals surface area contributed by atoms with Gasteiger partial charge in [-0.3, -0.25) is 14.2 Å². The number of thiophene rings is 1. The van der Waals surface area contributed by atoms with Gasteiger partial charge in [-0.2, -0.15) is 0 Å². The monoisotopic (exact) mass is 455 g/mol. The standard InChI is InChI=1S/C23H19ClFN3O2S/c1-3-19(21(29)27-18-10-15(24)7-4-13(18)2)28-12-26-22-20(23(28)30)17(11-31-22)14-5-8-16(25)9-6-14/h4-12,19H,3H2,1-2H3,(H,27,29). The van der Waals surface area contributed by atoms with Crippen molar-refractivity contribution in [2.45, 2.75) is 26.3 Å². The molecule has 1 unspecified atom stereocenters. The highest BCUT2D eigenvalue weighted by Gasteiger charge is 2.23. The summed E-state index contributed by atoms with van der Waals surface area (Å²) in [7, 11) is 0. The molecule has 0 radical (unpaired) electrons. The summed E-state index contributed by atoms with van der Waals surface area (Å²) in [6, 6.07) is 10.4. The number of hydrogen-bond donors (Lipinski definition) is 1. The van der Waals surface area contributed by atoms with E-state index < -0.39 is 6.04 Å². The topological polar surface area (TPSA) is 64.0 Å². The minimum Gasteiger partial charge on any atom is -0.324 e. The van der Waals surface area contributed by atoms with Gasteiger partial charge in [0.15, 0.2) is 0 Å². The number of nitrogens with one attached hydrogen (secondary N) is 1. The molecule has 1 amide bonds. The Balaban J connectivity index is 1.75. The average Bonchev–Trinajstić information content (AvgIpc) is 3.18. The Kier molecular flexibility index (Phi) is 5.89. The molecule has 0 aliphatic heterocycles. The van der Waals surface area contributed by atoms with E-state index in [0.717, 1.165) is 11.1 Å². The van der Waals surface area contributed by atoms with E-state index in [1.54, 1.807) is 24.3 Å². The highest BCUT2D eigenvalue weighted by molar-refractivity contribution is 7.17. The molecule has 8 heteroatoms. The predicted molar refractivity (Wildman–Crippen MR) is 123 cm³/mol. The van der Waals surface area contributed by atoms with Crippen LogP contribution in [0.4, 0.5) is 10.1 Å². The Bertz CT molecular complexity index is 1330. The van der Waals surface area contributed by atoms with Gasteiger partial charge in [0.1, 0.15) is 16.7 Å². The summed E-state index contributed by atoms with van der Waals surface area (Å²) >= 11 is 7.39. The summed E-state index contributed by atoms with van der Waals surface area (Å²) in [5.74, 6) is -0.674. The first kappa shape index (κ1) is 21.2. The lowest BCUT2D eigenvalue weighted by atomic mass is 10.1. The van der Waals surface area contributed by atoms with Crippen LogP contribution in [0.1, 0.15) is 24.9 Å². The number of amides is 1. The maximum Gasteiger partial charge on any atom is 0.263 e. The molecule has 2 aromatic heterocycles. The van der Waals surface area contributed by atoms with Gasteiger partial charge < -0.3 is 5.32 Å². The van der Waals surface area contributed by atoms with E-state index in [2.05, 4.69) is 10.3 Å². The van der Waals surface area contributed by atoms with Gasteiger partial charge in [-0.05, 0) is 48.7 Å². The summed E-state index contributed by atoms with van der Waals surface area (Å²) in [5.41, 5.74) is 2.55. The van der Waals surface area contributed by atoms with Crippen LogP contribution in [0.25, 0.3) is 21.3 Å². The summed E-state index contributed by atoms with van der Waals surface area (Å²) in [4.78, 5) is 31.4. The lowest BCUT2D eigenvalue weighted by Gasteiger charge is -2.18. The Morgan fingerprint density at radius 1 is 1.26 bits per heavy atom. The fourth-order valence-electron chi connectivity index (χ4n) is 3.46. The van der Waals surface area contributed by atoms with E-state index in [1.165, 1.54) is 34.4 Å². The van der Waals surface area contributed by atoms with Gasteiger partial charge in [-0.25, -0.2) is 9.37 Å². The van der Waals surface area contributed by atoms with Crippen LogP contribution in [0.2, 0.25) is 5.02 Å². The second-order valence-electron chi connectivity index (χ2n) is 7.17. The molecule has 0 saturated heterocycles. The van der Waals surface area contributed by atoms with Crippen molar-refractivity contribution in [2.24, 2.45) is 0 Å². The number of rotatable bonds is 5. The van der Waals surface area contributed by atoms with Crippen molar-refractivity contribution in [3.8, 4) is 11.1 Å². The van der Waals surface area contributed by atoms with Gasteiger partial charge in [0.25, 0.3) is 5.56 Å². The third-order valence-electron chi connectivity index (χ3n) is 5.16. The number of carbonyl (C=O) groups is 1. The number of benzene rings is 2. The fourth-order valence-corrected chi connectivity index (χ4v) is 4.54. The number of fused-ring (bicyclic) bond motifs is 1. The predicted octanol–water partition coefficient (Wildman–Crippen LogP) is 5.82. The minimum atomic E-state index is -0.747. The van der Waals surface area contributed by atoms with E-state index >= 15 is 0 Å². The number of aryl methyl sites for hydroxylation is 1. The first-order valence-electron chi connectivity index (χ1n) is 9.70. The number of aromatic nitrogens is 2. The Morgan fingerprint density at radius 3 is 2.71 bits per heavy atom. The zero-order chi connectivity index (χ0) is 22.1. The van der Waals surface area contributed by atoms with Gasteiger partial charge in [0.2, 0.25) is 5.91 Å². The van der Waals surface area contributed by atoms with Gasteiger partial charge in [-0.15, -0.1) is 11.3 Å². The van der Waals surface area contributed by atoms with Crippen molar-refractivity contribution in [2.75, 3.05) is 5.32 Å². The van der Waals surface area contributed by atoms with Crippen LogP contribution in [-0.2, 0) is 4.79 Å². The van der Waals surface area contributed by atoms with Crippen molar-refractivity contribution >= 4 is 44.7 Å². The molecular formula is C23H19ClFN3O2S. The summed E-state index contributed by atoms with van der Waals surface area (Å²) in [6.07, 6.45) is 1.81. The van der Waals surface area contributed by atoms with Gasteiger partial charge in [0, 0.05) is 21.7 Å². The highest BCUT2D eigenvalue weighted by atomic mass is 35.5. The van der Waals surface area contributed by atoms with Crippen LogP contribution in [0.15, 0.2) is 59.0 Å². The summed E-state index contributed by atoms with van der Waals surface area (Å²) < 4.78 is 14.7. The first-order chi connectivity index (χ1) is 14.9. The zero-order valence-electron chi connectivity index (χ0n) is 16.9. The molecule has 0 aliphatic rings. The van der Waals surface area contributed by atoms with Gasteiger partial charge >= 0.3 is 0 Å².